The molecule has 1 saturated heterocycles. The van der Waals surface area contributed by atoms with Crippen LogP contribution in [-0.4, -0.2) is 100 Å². The van der Waals surface area contributed by atoms with Crippen LogP contribution in [0.3, 0.4) is 0 Å². The predicted octanol–water partition coefficient (Wildman–Crippen LogP) is -3.01. The van der Waals surface area contributed by atoms with Gasteiger partial charge in [0.25, 0.3) is 5.91 Å². The Morgan fingerprint density at radius 3 is 2.64 bits per heavy atom. The number of rotatable bonds is 2. The highest BCUT2D eigenvalue weighted by Crippen LogP contribution is 2.27. The van der Waals surface area contributed by atoms with E-state index in [1.165, 1.54) is 11.2 Å². The monoisotopic (exact) mass is 311 g/mol. The van der Waals surface area contributed by atoms with Gasteiger partial charge in [-0.1, -0.05) is 0 Å². The SMILES string of the molecule is CN(C)C1=NC(=O)C2N=CN([C@@H]3O[C@H](CO)[C@@H](O)[C@H]3O)C2=N1. The van der Waals surface area contributed by atoms with Crippen molar-refractivity contribution < 1.29 is 24.9 Å². The number of guanidine groups is 1. The van der Waals surface area contributed by atoms with Crippen LogP contribution in [-0.2, 0) is 9.53 Å². The first-order valence-corrected chi connectivity index (χ1v) is 6.76. The summed E-state index contributed by atoms with van der Waals surface area (Å²) in [5, 5.41) is 29.1. The number of fused-ring (bicyclic) bond motifs is 1. The highest BCUT2D eigenvalue weighted by molar-refractivity contribution is 6.22. The normalized spacial score (nSPS) is 37.2. The van der Waals surface area contributed by atoms with Gasteiger partial charge in [-0.05, 0) is 0 Å². The van der Waals surface area contributed by atoms with Gasteiger partial charge < -0.3 is 25.0 Å². The second-order valence-electron chi connectivity index (χ2n) is 5.42. The summed E-state index contributed by atoms with van der Waals surface area (Å²) in [5.74, 6) is 0.0382. The van der Waals surface area contributed by atoms with E-state index in [1.807, 2.05) is 0 Å². The number of hydrogen-bond acceptors (Lipinski definition) is 9. The Bertz CT molecular complexity index is 574. The van der Waals surface area contributed by atoms with Crippen molar-refractivity contribution in [3.63, 3.8) is 0 Å². The van der Waals surface area contributed by atoms with Gasteiger partial charge in [0, 0.05) is 14.1 Å². The van der Waals surface area contributed by atoms with E-state index in [9.17, 15) is 15.0 Å². The van der Waals surface area contributed by atoms with E-state index in [4.69, 9.17) is 9.84 Å². The van der Waals surface area contributed by atoms with Crippen LogP contribution in [0.2, 0.25) is 0 Å². The number of amides is 1. The predicted molar refractivity (Wildman–Crippen MR) is 75.4 cm³/mol. The van der Waals surface area contributed by atoms with Crippen molar-refractivity contribution in [3.8, 4) is 0 Å². The number of aliphatic imine (C=N–C) groups is 3. The minimum absolute atomic E-state index is 0.221. The van der Waals surface area contributed by atoms with Crippen LogP contribution in [0.1, 0.15) is 0 Å². The van der Waals surface area contributed by atoms with Gasteiger partial charge in [0.1, 0.15) is 18.3 Å². The lowest BCUT2D eigenvalue weighted by Crippen LogP contribution is -2.49. The van der Waals surface area contributed by atoms with E-state index in [-0.39, 0.29) is 11.8 Å². The summed E-state index contributed by atoms with van der Waals surface area (Å²) in [5.41, 5.74) is 0. The summed E-state index contributed by atoms with van der Waals surface area (Å²) in [7, 11) is 3.40. The van der Waals surface area contributed by atoms with Crippen LogP contribution < -0.4 is 0 Å². The summed E-state index contributed by atoms with van der Waals surface area (Å²) in [6.45, 7) is -0.432. The van der Waals surface area contributed by atoms with E-state index in [2.05, 4.69) is 15.0 Å². The fourth-order valence-corrected chi connectivity index (χ4v) is 2.49. The molecule has 0 aromatic rings. The lowest BCUT2D eigenvalue weighted by Gasteiger charge is -2.28. The Balaban J connectivity index is 1.89. The minimum atomic E-state index is -1.26. The molecular formula is C12H17N5O5. The number of amidine groups is 1. The summed E-state index contributed by atoms with van der Waals surface area (Å²) < 4.78 is 5.44. The molecule has 1 fully saturated rings. The average molecular weight is 311 g/mol. The van der Waals surface area contributed by atoms with Gasteiger partial charge in [0.05, 0.1) is 12.9 Å². The van der Waals surface area contributed by atoms with Crippen LogP contribution in [0, 0.1) is 0 Å². The van der Waals surface area contributed by atoms with E-state index in [0.29, 0.717) is 0 Å². The zero-order valence-electron chi connectivity index (χ0n) is 12.1. The Kier molecular flexibility index (Phi) is 3.68. The summed E-state index contributed by atoms with van der Waals surface area (Å²) in [4.78, 5) is 27.1. The third-order valence-electron chi connectivity index (χ3n) is 3.70. The molecule has 3 N–H and O–H groups in total. The molecule has 0 aromatic carbocycles. The molecule has 22 heavy (non-hydrogen) atoms. The maximum absolute atomic E-state index is 12.0. The van der Waals surface area contributed by atoms with Crippen LogP contribution in [0.4, 0.5) is 0 Å². The first-order valence-electron chi connectivity index (χ1n) is 6.76. The molecule has 3 aliphatic rings. The van der Waals surface area contributed by atoms with Gasteiger partial charge in [0.15, 0.2) is 18.1 Å². The Morgan fingerprint density at radius 2 is 2.05 bits per heavy atom. The molecule has 5 atom stereocenters. The molecule has 1 amide bonds. The van der Waals surface area contributed by atoms with E-state index in [1.54, 1.807) is 19.0 Å². The number of carbonyl (C=O) groups excluding carboxylic acids is 1. The molecule has 120 valence electrons. The standard InChI is InChI=1S/C12H17N5O5/c1-16(2)12-14-9-6(10(21)15-12)13-4-17(9)11-8(20)7(19)5(3-18)22-11/h4-8,11,18-20H,3H2,1-2H3/t5-,6?,7-,8-,11-/m1/s1. The van der Waals surface area contributed by atoms with Crippen LogP contribution in [0.25, 0.3) is 0 Å². The number of aliphatic hydroxyl groups excluding tert-OH is 3. The lowest BCUT2D eigenvalue weighted by molar-refractivity contribution is -0.117. The summed E-state index contributed by atoms with van der Waals surface area (Å²) >= 11 is 0. The third-order valence-corrected chi connectivity index (χ3v) is 3.70. The molecular weight excluding hydrogens is 294 g/mol. The molecule has 1 unspecified atom stereocenters. The highest BCUT2D eigenvalue weighted by atomic mass is 16.6. The quantitative estimate of drug-likeness (QED) is 0.495. The smallest absolute Gasteiger partial charge is 0.281 e. The van der Waals surface area contributed by atoms with Crippen molar-refractivity contribution in [3.05, 3.63) is 0 Å². The largest absolute Gasteiger partial charge is 0.394 e. The average Bonchev–Trinajstić information content (AvgIpc) is 3.02. The maximum atomic E-state index is 12.0. The number of aliphatic hydroxyl groups is 3. The van der Waals surface area contributed by atoms with Crippen LogP contribution in [0.15, 0.2) is 15.0 Å². The molecule has 0 bridgehead atoms. The van der Waals surface area contributed by atoms with Crippen LogP contribution in [0.5, 0.6) is 0 Å². The zero-order chi connectivity index (χ0) is 16.0. The maximum Gasteiger partial charge on any atom is 0.281 e. The molecule has 0 spiro atoms. The van der Waals surface area contributed by atoms with Crippen molar-refractivity contribution in [1.82, 2.24) is 9.80 Å². The number of carbonyl (C=O) groups is 1. The van der Waals surface area contributed by atoms with Crippen molar-refractivity contribution in [1.29, 1.82) is 0 Å². The first-order chi connectivity index (χ1) is 10.4. The van der Waals surface area contributed by atoms with Gasteiger partial charge >= 0.3 is 0 Å². The van der Waals surface area contributed by atoms with Gasteiger partial charge in [-0.2, -0.15) is 9.98 Å². The van der Waals surface area contributed by atoms with Crippen molar-refractivity contribution in [2.75, 3.05) is 20.7 Å². The Morgan fingerprint density at radius 1 is 1.32 bits per heavy atom. The second kappa shape index (κ2) is 5.39. The van der Waals surface area contributed by atoms with Crippen molar-refractivity contribution in [2.24, 2.45) is 15.0 Å². The van der Waals surface area contributed by atoms with Crippen molar-refractivity contribution in [2.45, 2.75) is 30.6 Å². The van der Waals surface area contributed by atoms with Gasteiger partial charge in [-0.15, -0.1) is 0 Å². The molecule has 0 aliphatic carbocycles. The second-order valence-corrected chi connectivity index (χ2v) is 5.42. The van der Waals surface area contributed by atoms with Gasteiger partial charge in [0.2, 0.25) is 5.96 Å². The first kappa shape index (κ1) is 15.0. The lowest BCUT2D eigenvalue weighted by atomic mass is 10.1. The number of nitrogens with zero attached hydrogens (tertiary/aromatic N) is 5. The molecule has 0 saturated carbocycles. The molecule has 3 rings (SSSR count). The molecule has 10 heteroatoms. The van der Waals surface area contributed by atoms with E-state index in [0.717, 1.165) is 0 Å². The number of ether oxygens (including phenoxy) is 1. The van der Waals surface area contributed by atoms with E-state index < -0.39 is 43.1 Å². The summed E-state index contributed by atoms with van der Waals surface area (Å²) in [6, 6.07) is -0.871. The molecule has 0 radical (unpaired) electrons. The topological polar surface area (TPSA) is 131 Å². The zero-order valence-corrected chi connectivity index (χ0v) is 12.1. The van der Waals surface area contributed by atoms with Gasteiger partial charge in [-0.25, -0.2) is 0 Å². The highest BCUT2D eigenvalue weighted by Gasteiger charge is 2.49. The minimum Gasteiger partial charge on any atom is -0.394 e. The fourth-order valence-electron chi connectivity index (χ4n) is 2.49. The number of hydrogen-bond donors (Lipinski definition) is 3. The molecule has 3 aliphatic heterocycles. The van der Waals surface area contributed by atoms with E-state index >= 15 is 0 Å². The fraction of sp³-hybridized carbons (Fsp3) is 0.667. The molecule has 0 aromatic heterocycles. The van der Waals surface area contributed by atoms with Crippen molar-refractivity contribution >= 4 is 24.0 Å². The Labute approximate surface area is 126 Å². The van der Waals surface area contributed by atoms with Crippen LogP contribution >= 0.6 is 0 Å². The Hall–Kier alpha value is -1.88. The molecule has 10 nitrogen and oxygen atoms in total. The van der Waals surface area contributed by atoms with Gasteiger partial charge in [-0.3, -0.25) is 14.7 Å². The third kappa shape index (κ3) is 2.20. The molecule has 3 heterocycles. The summed E-state index contributed by atoms with van der Waals surface area (Å²) in [6.07, 6.45) is -3.05.